The standard InChI is InChI=1S/C8H12B3BrO2/c1-13-6-2-5(12)3-7(4-6)14-8(9,10)11/h2-4H,9-11H2,1H3. The van der Waals surface area contributed by atoms with E-state index in [1.54, 1.807) is 7.11 Å². The molecule has 0 radical (unpaired) electrons. The summed E-state index contributed by atoms with van der Waals surface area (Å²) in [5.41, 5.74) is 0. The maximum atomic E-state index is 5.72. The number of hydrogen-bond donors (Lipinski definition) is 0. The highest BCUT2D eigenvalue weighted by Crippen LogP contribution is 2.27. The molecular weight excluding hydrogens is 240 g/mol. The third-order valence-corrected chi connectivity index (χ3v) is 1.96. The number of ether oxygens (including phenoxy) is 2. The molecule has 2 nitrogen and oxygen atoms in total. The van der Waals surface area contributed by atoms with Gasteiger partial charge in [0.05, 0.1) is 7.11 Å². The average Bonchev–Trinajstić information content (AvgIpc) is 1.99. The molecule has 1 rings (SSSR count). The monoisotopic (exact) mass is 252 g/mol. The second-order valence-electron chi connectivity index (χ2n) is 4.04. The SMILES string of the molecule is BC(B)(B)Oc1cc(Br)cc(OC)c1. The van der Waals surface area contributed by atoms with Crippen LogP contribution in [0.5, 0.6) is 11.5 Å². The number of rotatable bonds is 3. The molecule has 0 heterocycles. The Morgan fingerprint density at radius 3 is 2.21 bits per heavy atom. The minimum absolute atomic E-state index is 0.189. The number of halogens is 1. The third-order valence-electron chi connectivity index (χ3n) is 1.50. The molecule has 1 aromatic carbocycles. The Kier molecular flexibility index (Phi) is 3.59. The molecule has 1 aromatic rings. The van der Waals surface area contributed by atoms with Crippen molar-refractivity contribution in [3.05, 3.63) is 22.7 Å². The molecule has 0 aliphatic carbocycles. The average molecular weight is 253 g/mol. The lowest BCUT2D eigenvalue weighted by Gasteiger charge is -2.22. The van der Waals surface area contributed by atoms with E-state index in [0.29, 0.717) is 0 Å². The van der Waals surface area contributed by atoms with Crippen molar-refractivity contribution in [3.8, 4) is 11.5 Å². The lowest BCUT2D eigenvalue weighted by Crippen LogP contribution is -2.37. The quantitative estimate of drug-likeness (QED) is 0.666. The molecule has 14 heavy (non-hydrogen) atoms. The largest absolute Gasteiger partial charge is 0.514 e. The van der Waals surface area contributed by atoms with Crippen molar-refractivity contribution in [2.45, 2.75) is 5.30 Å². The first-order valence-electron chi connectivity index (χ1n) is 4.44. The van der Waals surface area contributed by atoms with Crippen LogP contribution in [0, 0.1) is 0 Å². The molecule has 0 unspecified atom stereocenters. The van der Waals surface area contributed by atoms with Crippen LogP contribution in [0.4, 0.5) is 0 Å². The fraction of sp³-hybridized carbons (Fsp3) is 0.250. The molecule has 0 N–H and O–H groups in total. The zero-order chi connectivity index (χ0) is 10.8. The fourth-order valence-corrected chi connectivity index (χ4v) is 1.52. The molecule has 0 aromatic heterocycles. The first kappa shape index (κ1) is 11.6. The van der Waals surface area contributed by atoms with Crippen LogP contribution >= 0.6 is 15.9 Å². The van der Waals surface area contributed by atoms with Gasteiger partial charge in [-0.05, 0) is 12.1 Å². The van der Waals surface area contributed by atoms with Crippen molar-refractivity contribution < 1.29 is 9.47 Å². The molecule has 0 aliphatic heterocycles. The summed E-state index contributed by atoms with van der Waals surface area (Å²) in [4.78, 5) is 0. The van der Waals surface area contributed by atoms with E-state index in [4.69, 9.17) is 9.47 Å². The van der Waals surface area contributed by atoms with Gasteiger partial charge >= 0.3 is 0 Å². The second-order valence-corrected chi connectivity index (χ2v) is 4.96. The van der Waals surface area contributed by atoms with Gasteiger partial charge in [-0.25, -0.2) is 0 Å². The first-order chi connectivity index (χ1) is 6.40. The summed E-state index contributed by atoms with van der Waals surface area (Å²) in [6.45, 7) is 0. The van der Waals surface area contributed by atoms with Gasteiger partial charge in [0.1, 0.15) is 35.0 Å². The maximum Gasteiger partial charge on any atom is 0.135 e. The molecule has 72 valence electrons. The van der Waals surface area contributed by atoms with Crippen molar-refractivity contribution in [2.24, 2.45) is 0 Å². The number of hydrogen-bond acceptors (Lipinski definition) is 2. The van der Waals surface area contributed by atoms with Gasteiger partial charge in [-0.1, -0.05) is 15.9 Å². The molecule has 0 spiro atoms. The Labute approximate surface area is 95.7 Å². The summed E-state index contributed by atoms with van der Waals surface area (Å²) >= 11 is 3.40. The summed E-state index contributed by atoms with van der Waals surface area (Å²) < 4.78 is 11.8. The predicted octanol–water partition coefficient (Wildman–Crippen LogP) is -0.653. The van der Waals surface area contributed by atoms with E-state index in [1.165, 1.54) is 0 Å². The summed E-state index contributed by atoms with van der Waals surface area (Å²) in [6, 6.07) is 5.69. The summed E-state index contributed by atoms with van der Waals surface area (Å²) in [7, 11) is 7.68. The molecule has 0 saturated heterocycles. The molecule has 0 atom stereocenters. The highest BCUT2D eigenvalue weighted by molar-refractivity contribution is 9.10. The van der Waals surface area contributed by atoms with E-state index in [-0.39, 0.29) is 5.30 Å². The summed E-state index contributed by atoms with van der Waals surface area (Å²) in [5, 5.41) is -0.189. The van der Waals surface area contributed by atoms with Gasteiger partial charge in [-0.2, -0.15) is 0 Å². The van der Waals surface area contributed by atoms with Crippen LogP contribution < -0.4 is 9.47 Å². The van der Waals surface area contributed by atoms with E-state index in [1.807, 2.05) is 41.7 Å². The first-order valence-corrected chi connectivity index (χ1v) is 5.23. The Balaban J connectivity index is 2.92. The molecule has 0 saturated carbocycles. The summed E-state index contributed by atoms with van der Waals surface area (Å²) in [5.74, 6) is 1.60. The zero-order valence-electron chi connectivity index (χ0n) is 8.93. The van der Waals surface area contributed by atoms with Crippen molar-refractivity contribution in [1.29, 1.82) is 0 Å². The molecule has 6 heteroatoms. The van der Waals surface area contributed by atoms with E-state index in [9.17, 15) is 0 Å². The van der Waals surface area contributed by atoms with Gasteiger partial charge in [0.25, 0.3) is 0 Å². The van der Waals surface area contributed by atoms with Crippen LogP contribution in [0.25, 0.3) is 0 Å². The van der Waals surface area contributed by atoms with Crippen LogP contribution in [0.1, 0.15) is 0 Å². The van der Waals surface area contributed by atoms with E-state index in [0.717, 1.165) is 16.0 Å². The molecular formula is C8H12B3BrO2. The predicted molar refractivity (Wildman–Crippen MR) is 69.7 cm³/mol. The van der Waals surface area contributed by atoms with Gasteiger partial charge in [0, 0.05) is 15.8 Å². The van der Waals surface area contributed by atoms with Crippen molar-refractivity contribution >= 4 is 39.5 Å². The Morgan fingerprint density at radius 1 is 1.14 bits per heavy atom. The van der Waals surface area contributed by atoms with Crippen LogP contribution in [-0.4, -0.2) is 35.9 Å². The number of methoxy groups -OCH3 is 1. The Bertz CT molecular complexity index is 325. The lowest BCUT2D eigenvalue weighted by molar-refractivity contribution is 0.315. The third kappa shape index (κ3) is 3.70. The van der Waals surface area contributed by atoms with Gasteiger partial charge in [0.15, 0.2) is 0 Å². The van der Waals surface area contributed by atoms with Crippen LogP contribution in [0.3, 0.4) is 0 Å². The van der Waals surface area contributed by atoms with E-state index in [2.05, 4.69) is 15.9 Å². The van der Waals surface area contributed by atoms with Gasteiger partial charge in [-0.3, -0.25) is 0 Å². The fourth-order valence-electron chi connectivity index (χ4n) is 1.07. The van der Waals surface area contributed by atoms with Crippen LogP contribution in [-0.2, 0) is 0 Å². The van der Waals surface area contributed by atoms with Crippen molar-refractivity contribution in [1.82, 2.24) is 0 Å². The van der Waals surface area contributed by atoms with Crippen LogP contribution in [0.15, 0.2) is 22.7 Å². The van der Waals surface area contributed by atoms with Gasteiger partial charge in [0.2, 0.25) is 0 Å². The van der Waals surface area contributed by atoms with Gasteiger partial charge in [-0.15, -0.1) is 0 Å². The Morgan fingerprint density at radius 2 is 1.71 bits per heavy atom. The Hall–Kier alpha value is -0.505. The second kappa shape index (κ2) is 4.34. The topological polar surface area (TPSA) is 18.5 Å². The zero-order valence-corrected chi connectivity index (χ0v) is 10.5. The van der Waals surface area contributed by atoms with Gasteiger partial charge < -0.3 is 9.47 Å². The van der Waals surface area contributed by atoms with Crippen LogP contribution in [0.2, 0.25) is 0 Å². The smallest absolute Gasteiger partial charge is 0.135 e. The minimum Gasteiger partial charge on any atom is -0.514 e. The van der Waals surface area contributed by atoms with E-state index < -0.39 is 0 Å². The normalized spacial score (nSPS) is 11.0. The summed E-state index contributed by atoms with van der Waals surface area (Å²) in [6.07, 6.45) is 0. The maximum absolute atomic E-state index is 5.72. The molecule has 0 bridgehead atoms. The van der Waals surface area contributed by atoms with Crippen molar-refractivity contribution in [3.63, 3.8) is 0 Å². The molecule has 0 amide bonds. The van der Waals surface area contributed by atoms with E-state index >= 15 is 0 Å². The van der Waals surface area contributed by atoms with Crippen molar-refractivity contribution in [2.75, 3.05) is 7.11 Å². The molecule has 0 fully saturated rings. The molecule has 0 aliphatic rings. The highest BCUT2D eigenvalue weighted by Gasteiger charge is 2.13. The number of benzene rings is 1. The highest BCUT2D eigenvalue weighted by atomic mass is 79.9. The lowest BCUT2D eigenvalue weighted by atomic mass is 9.52. The minimum atomic E-state index is -0.189.